The molecule has 1 aliphatic heterocycles. The predicted octanol–water partition coefficient (Wildman–Crippen LogP) is 2.26. The average molecular weight is 233 g/mol. The Labute approximate surface area is 102 Å². The summed E-state index contributed by atoms with van der Waals surface area (Å²) in [6.07, 6.45) is 1.26. The molecule has 1 saturated heterocycles. The number of rotatable bonds is 4. The van der Waals surface area contributed by atoms with Crippen LogP contribution in [0.25, 0.3) is 0 Å². The number of carbonyl (C=O) groups is 1. The minimum Gasteiger partial charge on any atom is -0.367 e. The van der Waals surface area contributed by atoms with Gasteiger partial charge in [-0.1, -0.05) is 25.1 Å². The number of ether oxygens (including phenoxy) is 1. The van der Waals surface area contributed by atoms with Crippen molar-refractivity contribution in [3.05, 3.63) is 30.3 Å². The van der Waals surface area contributed by atoms with Crippen LogP contribution in [0.4, 0.5) is 5.69 Å². The molecule has 17 heavy (non-hydrogen) atoms. The van der Waals surface area contributed by atoms with Gasteiger partial charge in [0.25, 0.3) is 0 Å². The van der Waals surface area contributed by atoms with Crippen LogP contribution in [0.1, 0.15) is 19.8 Å². The first kappa shape index (κ1) is 12.1. The quantitative estimate of drug-likeness (QED) is 0.799. The Kier molecular flexibility index (Phi) is 4.15. The highest BCUT2D eigenvalue weighted by Crippen LogP contribution is 2.18. The second-order valence-electron chi connectivity index (χ2n) is 4.36. The number of benzene rings is 1. The first-order valence-corrected chi connectivity index (χ1v) is 6.25. The highest BCUT2D eigenvalue weighted by molar-refractivity contribution is 5.83. The number of hydrogen-bond donors (Lipinski definition) is 0. The third-order valence-electron chi connectivity index (χ3n) is 3.04. The van der Waals surface area contributed by atoms with E-state index in [4.69, 9.17) is 4.74 Å². The predicted molar refractivity (Wildman–Crippen MR) is 68.3 cm³/mol. The van der Waals surface area contributed by atoms with Crippen molar-refractivity contribution in [2.24, 2.45) is 0 Å². The second kappa shape index (κ2) is 5.82. The van der Waals surface area contributed by atoms with E-state index in [9.17, 15) is 4.79 Å². The zero-order valence-electron chi connectivity index (χ0n) is 10.3. The van der Waals surface area contributed by atoms with E-state index in [0.29, 0.717) is 19.6 Å². The summed E-state index contributed by atoms with van der Waals surface area (Å²) in [6.45, 7) is 4.20. The fourth-order valence-corrected chi connectivity index (χ4v) is 2.12. The molecule has 1 heterocycles. The zero-order chi connectivity index (χ0) is 12.1. The summed E-state index contributed by atoms with van der Waals surface area (Å²) < 4.78 is 5.55. The first-order valence-electron chi connectivity index (χ1n) is 6.25. The van der Waals surface area contributed by atoms with Gasteiger partial charge in [-0.15, -0.1) is 0 Å². The minimum absolute atomic E-state index is 0.230. The van der Waals surface area contributed by atoms with Crippen molar-refractivity contribution in [1.29, 1.82) is 0 Å². The molecule has 3 heteroatoms. The number of ketones is 1. The van der Waals surface area contributed by atoms with E-state index in [-0.39, 0.29) is 11.9 Å². The molecule has 1 aliphatic rings. The molecule has 1 aromatic rings. The summed E-state index contributed by atoms with van der Waals surface area (Å²) in [5.41, 5.74) is 1.17. The van der Waals surface area contributed by atoms with Gasteiger partial charge in [0, 0.05) is 18.7 Å². The standard InChI is InChI=1S/C14H19NO2/c1-2-6-13(16)14-11-15(9-10-17-14)12-7-4-3-5-8-12/h3-5,7-8,14H,2,6,9-11H2,1H3. The molecule has 0 N–H and O–H groups in total. The minimum atomic E-state index is -0.246. The van der Waals surface area contributed by atoms with Crippen LogP contribution in [0.15, 0.2) is 30.3 Å². The van der Waals surface area contributed by atoms with Gasteiger partial charge in [0.05, 0.1) is 13.2 Å². The van der Waals surface area contributed by atoms with Crippen LogP contribution in [0.2, 0.25) is 0 Å². The number of anilines is 1. The molecule has 1 unspecified atom stereocenters. The van der Waals surface area contributed by atoms with Crippen molar-refractivity contribution < 1.29 is 9.53 Å². The lowest BCUT2D eigenvalue weighted by atomic mass is 10.1. The number of nitrogens with zero attached hydrogens (tertiary/aromatic N) is 1. The molecular formula is C14H19NO2. The molecule has 92 valence electrons. The van der Waals surface area contributed by atoms with Gasteiger partial charge in [0.2, 0.25) is 0 Å². The highest BCUT2D eigenvalue weighted by atomic mass is 16.5. The topological polar surface area (TPSA) is 29.5 Å². The van der Waals surface area contributed by atoms with E-state index in [1.54, 1.807) is 0 Å². The van der Waals surface area contributed by atoms with Crippen LogP contribution in [-0.2, 0) is 9.53 Å². The van der Waals surface area contributed by atoms with E-state index in [1.165, 1.54) is 5.69 Å². The molecular weight excluding hydrogens is 214 g/mol. The monoisotopic (exact) mass is 233 g/mol. The SMILES string of the molecule is CCCC(=O)C1CN(c2ccccc2)CCO1. The van der Waals surface area contributed by atoms with Gasteiger partial charge in [0.1, 0.15) is 6.10 Å². The molecule has 1 aromatic carbocycles. The maximum Gasteiger partial charge on any atom is 0.163 e. The number of carbonyl (C=O) groups excluding carboxylic acids is 1. The maximum atomic E-state index is 11.8. The van der Waals surface area contributed by atoms with Gasteiger partial charge >= 0.3 is 0 Å². The highest BCUT2D eigenvalue weighted by Gasteiger charge is 2.25. The molecule has 0 spiro atoms. The molecule has 3 nitrogen and oxygen atoms in total. The summed E-state index contributed by atoms with van der Waals surface area (Å²) in [4.78, 5) is 14.0. The van der Waals surface area contributed by atoms with Crippen molar-refractivity contribution in [3.8, 4) is 0 Å². The van der Waals surface area contributed by atoms with Gasteiger partial charge in [-0.3, -0.25) is 4.79 Å². The van der Waals surface area contributed by atoms with Crippen molar-refractivity contribution in [2.45, 2.75) is 25.9 Å². The Bertz CT molecular complexity index is 364. The zero-order valence-corrected chi connectivity index (χ0v) is 10.3. The van der Waals surface area contributed by atoms with Crippen molar-refractivity contribution in [2.75, 3.05) is 24.6 Å². The second-order valence-corrected chi connectivity index (χ2v) is 4.36. The molecule has 0 aliphatic carbocycles. The van der Waals surface area contributed by atoms with E-state index in [1.807, 2.05) is 25.1 Å². The largest absolute Gasteiger partial charge is 0.367 e. The van der Waals surface area contributed by atoms with Gasteiger partial charge in [-0.2, -0.15) is 0 Å². The normalized spacial score (nSPS) is 20.3. The van der Waals surface area contributed by atoms with Crippen LogP contribution in [0.5, 0.6) is 0 Å². The Balaban J connectivity index is 2.00. The van der Waals surface area contributed by atoms with E-state index >= 15 is 0 Å². The molecule has 0 amide bonds. The van der Waals surface area contributed by atoms with Crippen LogP contribution in [0, 0.1) is 0 Å². The van der Waals surface area contributed by atoms with Crippen molar-refractivity contribution in [3.63, 3.8) is 0 Å². The third-order valence-corrected chi connectivity index (χ3v) is 3.04. The average Bonchev–Trinajstić information content (AvgIpc) is 2.40. The fraction of sp³-hybridized carbons (Fsp3) is 0.500. The molecule has 0 bridgehead atoms. The van der Waals surface area contributed by atoms with Gasteiger partial charge in [-0.05, 0) is 18.6 Å². The van der Waals surface area contributed by atoms with E-state index in [2.05, 4.69) is 17.0 Å². The fourth-order valence-electron chi connectivity index (χ4n) is 2.12. The summed E-state index contributed by atoms with van der Waals surface area (Å²) in [6, 6.07) is 10.2. The van der Waals surface area contributed by atoms with Gasteiger partial charge < -0.3 is 9.64 Å². The molecule has 1 atom stereocenters. The van der Waals surface area contributed by atoms with Gasteiger partial charge in [-0.25, -0.2) is 0 Å². The summed E-state index contributed by atoms with van der Waals surface area (Å²) >= 11 is 0. The molecule has 0 aromatic heterocycles. The number of Topliss-reactive ketones (excluding diaryl/α,β-unsaturated/α-hetero) is 1. The Hall–Kier alpha value is -1.35. The van der Waals surface area contributed by atoms with Gasteiger partial charge in [0.15, 0.2) is 5.78 Å². The lowest BCUT2D eigenvalue weighted by Gasteiger charge is -2.33. The summed E-state index contributed by atoms with van der Waals surface area (Å²) in [5.74, 6) is 0.230. The lowest BCUT2D eigenvalue weighted by molar-refractivity contribution is -0.131. The Morgan fingerprint density at radius 1 is 1.41 bits per heavy atom. The van der Waals surface area contributed by atoms with Crippen LogP contribution in [-0.4, -0.2) is 31.6 Å². The van der Waals surface area contributed by atoms with Crippen LogP contribution < -0.4 is 4.90 Å². The van der Waals surface area contributed by atoms with Crippen molar-refractivity contribution >= 4 is 11.5 Å². The van der Waals surface area contributed by atoms with Crippen LogP contribution >= 0.6 is 0 Å². The number of para-hydroxylation sites is 1. The molecule has 0 saturated carbocycles. The molecule has 0 radical (unpaired) electrons. The maximum absolute atomic E-state index is 11.8. The van der Waals surface area contributed by atoms with Crippen molar-refractivity contribution in [1.82, 2.24) is 0 Å². The van der Waals surface area contributed by atoms with Crippen LogP contribution in [0.3, 0.4) is 0 Å². The summed E-state index contributed by atoms with van der Waals surface area (Å²) in [7, 11) is 0. The number of morpholine rings is 1. The smallest absolute Gasteiger partial charge is 0.163 e. The Morgan fingerprint density at radius 3 is 2.88 bits per heavy atom. The first-order chi connectivity index (χ1) is 8.31. The lowest BCUT2D eigenvalue weighted by Crippen LogP contribution is -2.46. The summed E-state index contributed by atoms with van der Waals surface area (Å²) in [5, 5.41) is 0. The Morgan fingerprint density at radius 2 is 2.18 bits per heavy atom. The molecule has 2 rings (SSSR count). The third kappa shape index (κ3) is 3.07. The molecule has 1 fully saturated rings. The van der Waals surface area contributed by atoms with E-state index in [0.717, 1.165) is 13.0 Å². The number of hydrogen-bond acceptors (Lipinski definition) is 3. The van der Waals surface area contributed by atoms with E-state index < -0.39 is 0 Å².